The maximum absolute atomic E-state index is 11.9. The minimum Gasteiger partial charge on any atom is -0.497 e. The monoisotopic (exact) mass is 418 g/mol. The van der Waals surface area contributed by atoms with Crippen molar-refractivity contribution in [3.8, 4) is 17.2 Å². The van der Waals surface area contributed by atoms with Crippen LogP contribution in [0.1, 0.15) is 11.1 Å². The molecule has 2 aromatic carbocycles. The van der Waals surface area contributed by atoms with Crippen LogP contribution < -0.4 is 24.8 Å². The molecule has 0 unspecified atom stereocenters. The molecule has 1 heterocycles. The lowest BCUT2D eigenvalue weighted by atomic mass is 10.2. The molecule has 4 N–H and O–H groups in total. The molecule has 0 fully saturated rings. The minimum absolute atomic E-state index is 0.0597. The van der Waals surface area contributed by atoms with Crippen LogP contribution in [0.4, 0.5) is 0 Å². The number of carbonyl (C=O) groups is 3. The number of carbonyl (C=O) groups excluding carboxylic acids is 1. The highest BCUT2D eigenvalue weighted by Crippen LogP contribution is 2.32. The van der Waals surface area contributed by atoms with Crippen molar-refractivity contribution in [3.05, 3.63) is 53.6 Å². The van der Waals surface area contributed by atoms with Gasteiger partial charge in [-0.2, -0.15) is 0 Å². The molecule has 0 radical (unpaired) electrons. The van der Waals surface area contributed by atoms with Gasteiger partial charge in [0.15, 0.2) is 11.5 Å². The van der Waals surface area contributed by atoms with Gasteiger partial charge in [-0.05, 0) is 35.4 Å². The number of carboxylic acid groups (broad SMARTS) is 2. The summed E-state index contributed by atoms with van der Waals surface area (Å²) in [6, 6.07) is 13.4. The summed E-state index contributed by atoms with van der Waals surface area (Å²) in [7, 11) is 1.64. The SMILES string of the molecule is COc1cccc(CNCC(=O)NCc2ccc3c(c2)OCO3)c1.O=C(O)C(=O)O. The number of ether oxygens (including phenoxy) is 3. The van der Waals surface area contributed by atoms with Crippen LogP contribution in [0.2, 0.25) is 0 Å². The van der Waals surface area contributed by atoms with Crippen LogP contribution in [-0.2, 0) is 27.5 Å². The van der Waals surface area contributed by atoms with E-state index >= 15 is 0 Å². The first-order chi connectivity index (χ1) is 14.4. The van der Waals surface area contributed by atoms with Gasteiger partial charge in [-0.15, -0.1) is 0 Å². The van der Waals surface area contributed by atoms with E-state index in [1.165, 1.54) is 0 Å². The van der Waals surface area contributed by atoms with E-state index in [0.29, 0.717) is 13.1 Å². The van der Waals surface area contributed by atoms with E-state index in [-0.39, 0.29) is 19.2 Å². The maximum Gasteiger partial charge on any atom is 0.414 e. The quantitative estimate of drug-likeness (QED) is 0.484. The molecule has 0 saturated heterocycles. The highest BCUT2D eigenvalue weighted by molar-refractivity contribution is 6.27. The highest BCUT2D eigenvalue weighted by Gasteiger charge is 2.13. The molecule has 1 amide bonds. The van der Waals surface area contributed by atoms with Gasteiger partial charge >= 0.3 is 11.9 Å². The van der Waals surface area contributed by atoms with Gasteiger partial charge in [-0.3, -0.25) is 4.79 Å². The van der Waals surface area contributed by atoms with Crippen LogP contribution in [0.5, 0.6) is 17.2 Å². The predicted molar refractivity (Wildman–Crippen MR) is 104 cm³/mol. The molecular weight excluding hydrogens is 396 g/mol. The molecule has 0 atom stereocenters. The minimum atomic E-state index is -1.82. The van der Waals surface area contributed by atoms with Crippen molar-refractivity contribution in [2.75, 3.05) is 20.4 Å². The Hall–Kier alpha value is -3.79. The average Bonchev–Trinajstić information content (AvgIpc) is 3.20. The molecule has 10 heteroatoms. The fraction of sp³-hybridized carbons (Fsp3) is 0.250. The molecule has 3 rings (SSSR count). The second-order valence-electron chi connectivity index (χ2n) is 6.03. The molecule has 0 aromatic heterocycles. The van der Waals surface area contributed by atoms with E-state index in [1.54, 1.807) is 7.11 Å². The lowest BCUT2D eigenvalue weighted by Crippen LogP contribution is -2.33. The number of hydrogen-bond acceptors (Lipinski definition) is 7. The number of fused-ring (bicyclic) bond motifs is 1. The zero-order valence-electron chi connectivity index (χ0n) is 16.2. The summed E-state index contributed by atoms with van der Waals surface area (Å²) in [5.74, 6) is -1.44. The Morgan fingerprint density at radius 2 is 1.67 bits per heavy atom. The van der Waals surface area contributed by atoms with Crippen molar-refractivity contribution in [1.29, 1.82) is 0 Å². The van der Waals surface area contributed by atoms with Gasteiger partial charge in [-0.25, -0.2) is 9.59 Å². The Morgan fingerprint density at radius 3 is 2.37 bits per heavy atom. The number of nitrogens with one attached hydrogen (secondary N) is 2. The van der Waals surface area contributed by atoms with Gasteiger partial charge in [0.05, 0.1) is 13.7 Å². The first-order valence-corrected chi connectivity index (χ1v) is 8.84. The van der Waals surface area contributed by atoms with Crippen LogP contribution in [0, 0.1) is 0 Å². The van der Waals surface area contributed by atoms with E-state index in [4.69, 9.17) is 34.0 Å². The van der Waals surface area contributed by atoms with E-state index in [2.05, 4.69) is 10.6 Å². The van der Waals surface area contributed by atoms with Crippen molar-refractivity contribution < 1.29 is 38.8 Å². The molecule has 0 bridgehead atoms. The zero-order valence-corrected chi connectivity index (χ0v) is 16.2. The third-order valence-electron chi connectivity index (χ3n) is 3.86. The molecule has 1 aliphatic heterocycles. The van der Waals surface area contributed by atoms with Crippen molar-refractivity contribution >= 4 is 17.8 Å². The van der Waals surface area contributed by atoms with E-state index < -0.39 is 11.9 Å². The topological polar surface area (TPSA) is 143 Å². The third-order valence-corrected chi connectivity index (χ3v) is 3.86. The van der Waals surface area contributed by atoms with Crippen molar-refractivity contribution in [1.82, 2.24) is 10.6 Å². The third kappa shape index (κ3) is 7.32. The van der Waals surface area contributed by atoms with Crippen molar-refractivity contribution in [2.24, 2.45) is 0 Å². The molecular formula is C20H22N2O8. The molecule has 0 spiro atoms. The molecule has 0 saturated carbocycles. The summed E-state index contributed by atoms with van der Waals surface area (Å²) >= 11 is 0. The van der Waals surface area contributed by atoms with Crippen molar-refractivity contribution in [3.63, 3.8) is 0 Å². The van der Waals surface area contributed by atoms with Gasteiger partial charge in [0.2, 0.25) is 12.7 Å². The summed E-state index contributed by atoms with van der Waals surface area (Å²) in [4.78, 5) is 30.1. The Bertz CT molecular complexity index is 888. The number of aliphatic carboxylic acids is 2. The first-order valence-electron chi connectivity index (χ1n) is 8.84. The normalized spacial score (nSPS) is 11.1. The van der Waals surface area contributed by atoms with E-state index in [9.17, 15) is 4.79 Å². The van der Waals surface area contributed by atoms with Gasteiger partial charge in [0.1, 0.15) is 5.75 Å². The van der Waals surface area contributed by atoms with Gasteiger partial charge in [0, 0.05) is 13.1 Å². The van der Waals surface area contributed by atoms with Gasteiger partial charge in [0.25, 0.3) is 0 Å². The lowest BCUT2D eigenvalue weighted by Gasteiger charge is -2.08. The average molecular weight is 418 g/mol. The largest absolute Gasteiger partial charge is 0.497 e. The number of rotatable bonds is 7. The molecule has 0 aliphatic carbocycles. The summed E-state index contributed by atoms with van der Waals surface area (Å²) in [5, 5.41) is 20.8. The molecule has 1 aliphatic rings. The standard InChI is InChI=1S/C18H20N2O4.C2H2O4/c1-22-15-4-2-3-13(7-15)9-19-11-18(21)20-10-14-5-6-16-17(8-14)24-12-23-16;3-1(4)2(5)6/h2-8,19H,9-12H2,1H3,(H,20,21);(H,3,4)(H,5,6). The summed E-state index contributed by atoms with van der Waals surface area (Å²) < 4.78 is 15.8. The Morgan fingerprint density at radius 1 is 0.967 bits per heavy atom. The number of carboxylic acids is 2. The zero-order chi connectivity index (χ0) is 21.9. The highest BCUT2D eigenvalue weighted by atomic mass is 16.7. The van der Waals surface area contributed by atoms with E-state index in [0.717, 1.165) is 28.4 Å². The number of benzene rings is 2. The summed E-state index contributed by atoms with van der Waals surface area (Å²) in [5.41, 5.74) is 2.04. The fourth-order valence-corrected chi connectivity index (χ4v) is 2.42. The predicted octanol–water partition coefficient (Wildman–Crippen LogP) is 0.985. The van der Waals surface area contributed by atoms with Gasteiger partial charge in [-0.1, -0.05) is 18.2 Å². The molecule has 160 valence electrons. The fourth-order valence-electron chi connectivity index (χ4n) is 2.42. The number of methoxy groups -OCH3 is 1. The van der Waals surface area contributed by atoms with Crippen molar-refractivity contribution in [2.45, 2.75) is 13.1 Å². The van der Waals surface area contributed by atoms with Crippen LogP contribution in [0.25, 0.3) is 0 Å². The Balaban J connectivity index is 0.000000469. The second kappa shape index (κ2) is 11.3. The number of amides is 1. The smallest absolute Gasteiger partial charge is 0.414 e. The maximum atomic E-state index is 11.9. The van der Waals surface area contributed by atoms with Crippen LogP contribution >= 0.6 is 0 Å². The number of hydrogen-bond donors (Lipinski definition) is 4. The molecule has 10 nitrogen and oxygen atoms in total. The van der Waals surface area contributed by atoms with Crippen LogP contribution in [0.15, 0.2) is 42.5 Å². The Kier molecular flexibility index (Phi) is 8.45. The first kappa shape index (κ1) is 22.5. The van der Waals surface area contributed by atoms with Gasteiger partial charge < -0.3 is 35.1 Å². The van der Waals surface area contributed by atoms with E-state index in [1.807, 2.05) is 42.5 Å². The molecule has 30 heavy (non-hydrogen) atoms. The van der Waals surface area contributed by atoms with Crippen LogP contribution in [-0.4, -0.2) is 48.5 Å². The lowest BCUT2D eigenvalue weighted by molar-refractivity contribution is -0.159. The summed E-state index contributed by atoms with van der Waals surface area (Å²) in [6.07, 6.45) is 0. The summed E-state index contributed by atoms with van der Waals surface area (Å²) in [6.45, 7) is 1.56. The Labute approximate surface area is 172 Å². The molecule has 2 aromatic rings. The second-order valence-corrected chi connectivity index (χ2v) is 6.03. The van der Waals surface area contributed by atoms with Crippen LogP contribution in [0.3, 0.4) is 0 Å².